The molecule has 3 N–H and O–H groups in total. The lowest BCUT2D eigenvalue weighted by Crippen LogP contribution is -2.28. The van der Waals surface area contributed by atoms with Crippen LogP contribution >= 0.6 is 0 Å². The lowest BCUT2D eigenvalue weighted by molar-refractivity contribution is -0.142. The highest BCUT2D eigenvalue weighted by atomic mass is 16.5. The van der Waals surface area contributed by atoms with Crippen LogP contribution in [0.3, 0.4) is 0 Å². The molecule has 0 unspecified atom stereocenters. The predicted octanol–water partition coefficient (Wildman–Crippen LogP) is -0.154. The minimum atomic E-state index is -1.02. The largest absolute Gasteiger partial charge is 0.480 e. The molecule has 0 fully saturated rings. The summed E-state index contributed by atoms with van der Waals surface area (Å²) < 4.78 is 4.74. The third-order valence-electron chi connectivity index (χ3n) is 1.60. The van der Waals surface area contributed by atoms with E-state index >= 15 is 0 Å². The van der Waals surface area contributed by atoms with Crippen LogP contribution in [0.2, 0.25) is 0 Å². The van der Waals surface area contributed by atoms with E-state index in [2.05, 4.69) is 10.3 Å². The van der Waals surface area contributed by atoms with E-state index in [0.29, 0.717) is 5.69 Å². The van der Waals surface area contributed by atoms with Crippen LogP contribution in [0, 0.1) is 0 Å². The molecule has 6 nitrogen and oxygen atoms in total. The highest BCUT2D eigenvalue weighted by Gasteiger charge is 2.04. The van der Waals surface area contributed by atoms with Crippen LogP contribution < -0.4 is 5.32 Å². The number of aromatic amines is 1. The molecule has 0 bridgehead atoms. The molecule has 0 atom stereocenters. The molecule has 1 amide bonds. The second kappa shape index (κ2) is 5.82. The van der Waals surface area contributed by atoms with Gasteiger partial charge in [0.05, 0.1) is 6.61 Å². The van der Waals surface area contributed by atoms with Gasteiger partial charge in [0.25, 0.3) is 5.91 Å². The van der Waals surface area contributed by atoms with E-state index in [1.165, 1.54) is 0 Å². The molecule has 0 aromatic carbocycles. The van der Waals surface area contributed by atoms with Crippen LogP contribution in [0.4, 0.5) is 0 Å². The Morgan fingerprint density at radius 2 is 2.33 bits per heavy atom. The Morgan fingerprint density at radius 3 is 2.93 bits per heavy atom. The maximum absolute atomic E-state index is 11.3. The number of carboxylic acid groups (broad SMARTS) is 1. The molecule has 0 spiro atoms. The Hall–Kier alpha value is -1.82. The number of carbonyl (C=O) groups excluding carboxylic acids is 1. The molecule has 15 heavy (non-hydrogen) atoms. The maximum atomic E-state index is 11.3. The summed E-state index contributed by atoms with van der Waals surface area (Å²) in [7, 11) is 0. The molecule has 0 saturated heterocycles. The normalized spacial score (nSPS) is 9.87. The second-order valence-electron chi connectivity index (χ2n) is 2.79. The molecule has 0 aliphatic carbocycles. The summed E-state index contributed by atoms with van der Waals surface area (Å²) in [6.07, 6.45) is 1.65. The van der Waals surface area contributed by atoms with Gasteiger partial charge < -0.3 is 20.1 Å². The average Bonchev–Trinajstić information content (AvgIpc) is 2.69. The van der Waals surface area contributed by atoms with Gasteiger partial charge in [-0.25, -0.2) is 4.79 Å². The van der Waals surface area contributed by atoms with E-state index in [4.69, 9.17) is 9.84 Å². The summed E-state index contributed by atoms with van der Waals surface area (Å²) >= 11 is 0. The number of hydrogen-bond donors (Lipinski definition) is 3. The quantitative estimate of drug-likeness (QED) is 0.572. The Morgan fingerprint density at radius 1 is 1.53 bits per heavy atom. The van der Waals surface area contributed by atoms with Crippen molar-refractivity contribution in [2.24, 2.45) is 0 Å². The van der Waals surface area contributed by atoms with Crippen molar-refractivity contribution in [1.82, 2.24) is 10.3 Å². The number of aromatic nitrogens is 1. The van der Waals surface area contributed by atoms with Crippen LogP contribution in [-0.2, 0) is 9.53 Å². The minimum absolute atomic E-state index is 0.179. The number of nitrogens with one attached hydrogen (secondary N) is 2. The maximum Gasteiger partial charge on any atom is 0.329 e. The van der Waals surface area contributed by atoms with Gasteiger partial charge in [-0.05, 0) is 12.1 Å². The zero-order valence-electron chi connectivity index (χ0n) is 8.03. The van der Waals surface area contributed by atoms with Gasteiger partial charge in [0.2, 0.25) is 0 Å². The van der Waals surface area contributed by atoms with Gasteiger partial charge in [0.1, 0.15) is 12.3 Å². The number of H-pyrrole nitrogens is 1. The van der Waals surface area contributed by atoms with Crippen molar-refractivity contribution < 1.29 is 19.4 Å². The standard InChI is InChI=1S/C9H12N2O4/c12-8(13)6-15-5-4-11-9(14)7-2-1-3-10-7/h1-3,10H,4-6H2,(H,11,14)(H,12,13). The molecular formula is C9H12N2O4. The number of hydrogen-bond acceptors (Lipinski definition) is 3. The molecule has 0 radical (unpaired) electrons. The van der Waals surface area contributed by atoms with Crippen molar-refractivity contribution in [2.75, 3.05) is 19.8 Å². The number of carboxylic acids is 1. The first-order chi connectivity index (χ1) is 7.20. The van der Waals surface area contributed by atoms with Gasteiger partial charge in [0.15, 0.2) is 0 Å². The molecule has 0 aliphatic heterocycles. The number of carbonyl (C=O) groups is 2. The smallest absolute Gasteiger partial charge is 0.329 e. The average molecular weight is 212 g/mol. The monoisotopic (exact) mass is 212 g/mol. The first-order valence-electron chi connectivity index (χ1n) is 4.41. The number of amides is 1. The van der Waals surface area contributed by atoms with Crippen molar-refractivity contribution >= 4 is 11.9 Å². The van der Waals surface area contributed by atoms with Gasteiger partial charge in [0, 0.05) is 12.7 Å². The summed E-state index contributed by atoms with van der Waals surface area (Å²) in [6, 6.07) is 3.36. The van der Waals surface area contributed by atoms with Crippen LogP contribution in [0.15, 0.2) is 18.3 Å². The minimum Gasteiger partial charge on any atom is -0.480 e. The van der Waals surface area contributed by atoms with Crippen LogP contribution in [0.1, 0.15) is 10.5 Å². The third-order valence-corrected chi connectivity index (χ3v) is 1.60. The zero-order valence-corrected chi connectivity index (χ0v) is 8.03. The molecule has 0 aliphatic rings. The lowest BCUT2D eigenvalue weighted by Gasteiger charge is -2.03. The molecule has 1 rings (SSSR count). The topological polar surface area (TPSA) is 91.4 Å². The number of aliphatic carboxylic acids is 1. The Bertz CT molecular complexity index is 321. The first kappa shape index (κ1) is 11.3. The molecule has 1 aromatic rings. The molecule has 82 valence electrons. The fourth-order valence-corrected chi connectivity index (χ4v) is 0.963. The SMILES string of the molecule is O=C(O)COCCNC(=O)c1ccc[nH]1. The molecular weight excluding hydrogens is 200 g/mol. The molecule has 1 aromatic heterocycles. The van der Waals surface area contributed by atoms with Gasteiger partial charge in [-0.1, -0.05) is 0 Å². The van der Waals surface area contributed by atoms with E-state index in [-0.39, 0.29) is 25.7 Å². The second-order valence-corrected chi connectivity index (χ2v) is 2.79. The first-order valence-corrected chi connectivity index (χ1v) is 4.41. The predicted molar refractivity (Wildman–Crippen MR) is 51.6 cm³/mol. The van der Waals surface area contributed by atoms with E-state index in [1.54, 1.807) is 18.3 Å². The lowest BCUT2D eigenvalue weighted by atomic mass is 10.4. The van der Waals surface area contributed by atoms with E-state index in [1.807, 2.05) is 0 Å². The van der Waals surface area contributed by atoms with Crippen molar-refractivity contribution in [1.29, 1.82) is 0 Å². The third kappa shape index (κ3) is 4.28. The van der Waals surface area contributed by atoms with Crippen molar-refractivity contribution in [3.63, 3.8) is 0 Å². The summed E-state index contributed by atoms with van der Waals surface area (Å²) in [5, 5.41) is 10.8. The zero-order chi connectivity index (χ0) is 11.1. The highest BCUT2D eigenvalue weighted by Crippen LogP contribution is 1.92. The van der Waals surface area contributed by atoms with Crippen LogP contribution in [0.5, 0.6) is 0 Å². The molecule has 0 saturated carbocycles. The fraction of sp³-hybridized carbons (Fsp3) is 0.333. The van der Waals surface area contributed by atoms with Gasteiger partial charge in [-0.2, -0.15) is 0 Å². The Labute approximate surface area is 86.2 Å². The van der Waals surface area contributed by atoms with Gasteiger partial charge in [-0.15, -0.1) is 0 Å². The van der Waals surface area contributed by atoms with Crippen LogP contribution in [0.25, 0.3) is 0 Å². The summed E-state index contributed by atoms with van der Waals surface area (Å²) in [5.74, 6) is -1.26. The van der Waals surface area contributed by atoms with E-state index in [9.17, 15) is 9.59 Å². The molecule has 6 heteroatoms. The summed E-state index contributed by atoms with van der Waals surface area (Å²) in [6.45, 7) is 0.113. The summed E-state index contributed by atoms with van der Waals surface area (Å²) in [4.78, 5) is 24.1. The van der Waals surface area contributed by atoms with Crippen molar-refractivity contribution in [3.8, 4) is 0 Å². The van der Waals surface area contributed by atoms with Crippen molar-refractivity contribution in [2.45, 2.75) is 0 Å². The van der Waals surface area contributed by atoms with E-state index in [0.717, 1.165) is 0 Å². The number of rotatable bonds is 6. The summed E-state index contributed by atoms with van der Waals surface area (Å²) in [5.41, 5.74) is 0.466. The Kier molecular flexibility index (Phi) is 4.36. The van der Waals surface area contributed by atoms with Crippen LogP contribution in [-0.4, -0.2) is 41.7 Å². The molecule has 1 heterocycles. The van der Waals surface area contributed by atoms with E-state index < -0.39 is 5.97 Å². The fourth-order valence-electron chi connectivity index (χ4n) is 0.963. The van der Waals surface area contributed by atoms with Gasteiger partial charge >= 0.3 is 5.97 Å². The number of ether oxygens (including phenoxy) is 1. The Balaban J connectivity index is 2.10. The highest BCUT2D eigenvalue weighted by molar-refractivity contribution is 5.92. The van der Waals surface area contributed by atoms with Crippen molar-refractivity contribution in [3.05, 3.63) is 24.0 Å². The van der Waals surface area contributed by atoms with Gasteiger partial charge in [-0.3, -0.25) is 4.79 Å².